The molecule has 0 saturated carbocycles. The number of thiophene rings is 1. The zero-order valence-corrected chi connectivity index (χ0v) is 25.5. The molecule has 0 fully saturated rings. The van der Waals surface area contributed by atoms with E-state index in [0.29, 0.717) is 0 Å². The van der Waals surface area contributed by atoms with Gasteiger partial charge in [0, 0.05) is 53.1 Å². The van der Waals surface area contributed by atoms with Crippen LogP contribution in [0.15, 0.2) is 152 Å². The maximum absolute atomic E-state index is 2.49. The fraction of sp³-hybridized carbons (Fsp3) is 0. The van der Waals surface area contributed by atoms with E-state index in [-0.39, 0.29) is 0 Å². The molecule has 1 aliphatic heterocycles. The molecule has 3 aromatic heterocycles. The van der Waals surface area contributed by atoms with Gasteiger partial charge in [0.1, 0.15) is 0 Å². The van der Waals surface area contributed by atoms with Gasteiger partial charge in [-0.3, -0.25) is 0 Å². The molecule has 4 heteroatoms. The Hall–Kier alpha value is -5.84. The average molecular weight is 604 g/mol. The van der Waals surface area contributed by atoms with Crippen molar-refractivity contribution in [1.29, 1.82) is 0 Å². The Kier molecular flexibility index (Phi) is 4.72. The Labute approximate surface area is 268 Å². The first-order valence-corrected chi connectivity index (χ1v) is 16.5. The largest absolute Gasteiger partial charge is 0.309 e. The monoisotopic (exact) mass is 603 g/mol. The van der Waals surface area contributed by atoms with Crippen LogP contribution in [0.5, 0.6) is 0 Å². The van der Waals surface area contributed by atoms with Crippen LogP contribution in [0, 0.1) is 0 Å². The number of aromatic nitrogens is 2. The number of hydrogen-bond acceptors (Lipinski definition) is 2. The van der Waals surface area contributed by atoms with Gasteiger partial charge in [0.25, 0.3) is 0 Å². The second kappa shape index (κ2) is 8.87. The van der Waals surface area contributed by atoms with Crippen LogP contribution >= 0.6 is 11.3 Å². The van der Waals surface area contributed by atoms with E-state index in [0.717, 1.165) is 5.69 Å². The highest BCUT2D eigenvalue weighted by molar-refractivity contribution is 7.25. The lowest BCUT2D eigenvalue weighted by Gasteiger charge is -2.33. The number of fused-ring (bicyclic) bond motifs is 11. The normalized spacial score (nSPS) is 12.7. The standard InChI is InChI=1S/C42H25N3S/c1-2-11-26(12-3-1)43-35-17-7-8-18-36(35)45-39-24-31-28-13-4-6-16-34(28)44(38(31)25-32(39)30-15-10-19-37(43)42(30)45)27-21-22-41-33(23-27)29-14-5-9-20-40(29)46-41/h1-25H. The van der Waals surface area contributed by atoms with Gasteiger partial charge in [-0.15, -0.1) is 11.3 Å². The van der Waals surface area contributed by atoms with E-state index in [1.54, 1.807) is 0 Å². The lowest BCUT2D eigenvalue weighted by Crippen LogP contribution is -2.17. The molecule has 46 heavy (non-hydrogen) atoms. The Balaban J connectivity index is 1.27. The molecule has 0 amide bonds. The minimum absolute atomic E-state index is 1.16. The fourth-order valence-electron chi connectivity index (χ4n) is 7.90. The first kappa shape index (κ1) is 24.5. The molecule has 0 unspecified atom stereocenters. The van der Waals surface area contributed by atoms with Gasteiger partial charge in [0.2, 0.25) is 0 Å². The number of nitrogens with zero attached hydrogens (tertiary/aromatic N) is 3. The lowest BCUT2D eigenvalue weighted by molar-refractivity contribution is 1.11. The Bertz CT molecular complexity index is 2870. The van der Waals surface area contributed by atoms with Gasteiger partial charge in [0.05, 0.1) is 39.1 Å². The molecule has 0 saturated heterocycles. The van der Waals surface area contributed by atoms with E-state index in [1.165, 1.54) is 86.5 Å². The van der Waals surface area contributed by atoms with Crippen LogP contribution in [0.1, 0.15) is 0 Å². The summed E-state index contributed by atoms with van der Waals surface area (Å²) in [6.07, 6.45) is 0. The van der Waals surface area contributed by atoms with Crippen LogP contribution in [0.4, 0.5) is 17.1 Å². The van der Waals surface area contributed by atoms with Crippen LogP contribution in [-0.2, 0) is 0 Å². The van der Waals surface area contributed by atoms with Crippen LogP contribution < -0.4 is 4.90 Å². The number of rotatable bonds is 2. The van der Waals surface area contributed by atoms with E-state index < -0.39 is 0 Å². The van der Waals surface area contributed by atoms with Crippen molar-refractivity contribution in [3.63, 3.8) is 0 Å². The Morgan fingerprint density at radius 3 is 1.89 bits per heavy atom. The quantitative estimate of drug-likeness (QED) is 0.192. The molecule has 0 N–H and O–H groups in total. The summed E-state index contributed by atoms with van der Waals surface area (Å²) < 4.78 is 7.61. The highest BCUT2D eigenvalue weighted by atomic mass is 32.1. The third-order valence-corrected chi connectivity index (χ3v) is 10.9. The van der Waals surface area contributed by atoms with Crippen molar-refractivity contribution in [2.75, 3.05) is 4.90 Å². The predicted octanol–water partition coefficient (Wildman–Crippen LogP) is 12.0. The molecule has 0 aliphatic carbocycles. The molecular weight excluding hydrogens is 579 g/mol. The smallest absolute Gasteiger partial charge is 0.0783 e. The first-order valence-electron chi connectivity index (χ1n) is 15.7. The molecular formula is C42H25N3S. The van der Waals surface area contributed by atoms with Gasteiger partial charge >= 0.3 is 0 Å². The topological polar surface area (TPSA) is 13.1 Å². The maximum Gasteiger partial charge on any atom is 0.0783 e. The summed E-state index contributed by atoms with van der Waals surface area (Å²) in [4.78, 5) is 2.41. The molecule has 0 bridgehead atoms. The molecule has 3 nitrogen and oxygen atoms in total. The summed E-state index contributed by atoms with van der Waals surface area (Å²) in [6, 6.07) is 55.7. The van der Waals surface area contributed by atoms with E-state index >= 15 is 0 Å². The molecule has 7 aromatic carbocycles. The summed E-state index contributed by atoms with van der Waals surface area (Å²) >= 11 is 1.87. The van der Waals surface area contributed by atoms with Gasteiger partial charge in [-0.1, -0.05) is 78.9 Å². The van der Waals surface area contributed by atoms with E-state index in [1.807, 2.05) is 11.3 Å². The van der Waals surface area contributed by atoms with Crippen molar-refractivity contribution in [3.05, 3.63) is 152 Å². The number of hydrogen-bond donors (Lipinski definition) is 0. The van der Waals surface area contributed by atoms with Gasteiger partial charge in [0.15, 0.2) is 0 Å². The van der Waals surface area contributed by atoms with Crippen molar-refractivity contribution >= 4 is 92.2 Å². The van der Waals surface area contributed by atoms with Crippen LogP contribution in [0.25, 0.3) is 75.2 Å². The van der Waals surface area contributed by atoms with E-state index in [9.17, 15) is 0 Å². The van der Waals surface area contributed by atoms with Gasteiger partial charge in [-0.2, -0.15) is 0 Å². The Morgan fingerprint density at radius 2 is 1.00 bits per heavy atom. The van der Waals surface area contributed by atoms with Crippen LogP contribution in [-0.4, -0.2) is 9.13 Å². The van der Waals surface area contributed by atoms with Gasteiger partial charge in [-0.25, -0.2) is 0 Å². The minimum atomic E-state index is 1.16. The average Bonchev–Trinajstić information content (AvgIpc) is 3.76. The number of para-hydroxylation sites is 5. The van der Waals surface area contributed by atoms with Crippen molar-refractivity contribution in [3.8, 4) is 11.4 Å². The van der Waals surface area contributed by atoms with Crippen molar-refractivity contribution in [1.82, 2.24) is 9.13 Å². The second-order valence-corrected chi connectivity index (χ2v) is 13.3. The molecule has 214 valence electrons. The summed E-state index contributed by atoms with van der Waals surface area (Å²) in [5.41, 5.74) is 10.9. The summed E-state index contributed by atoms with van der Waals surface area (Å²) in [7, 11) is 0. The van der Waals surface area contributed by atoms with Crippen molar-refractivity contribution < 1.29 is 0 Å². The van der Waals surface area contributed by atoms with Gasteiger partial charge in [-0.05, 0) is 72.8 Å². The minimum Gasteiger partial charge on any atom is -0.309 e. The third kappa shape index (κ3) is 3.11. The summed E-state index contributed by atoms with van der Waals surface area (Å²) in [5.74, 6) is 0. The Morgan fingerprint density at radius 1 is 0.348 bits per heavy atom. The SMILES string of the molecule is c1ccc(N2c3ccccc3-n3c4cc5c6ccccc6n(-c6ccc7sc8ccccc8c7c6)c5cc4c4cccc2c43)cc1. The van der Waals surface area contributed by atoms with E-state index in [4.69, 9.17) is 0 Å². The van der Waals surface area contributed by atoms with Gasteiger partial charge < -0.3 is 14.0 Å². The molecule has 10 aromatic rings. The molecule has 4 heterocycles. The molecule has 1 aliphatic rings. The zero-order chi connectivity index (χ0) is 29.9. The van der Waals surface area contributed by atoms with E-state index in [2.05, 4.69) is 166 Å². The van der Waals surface area contributed by atoms with Crippen LogP contribution in [0.2, 0.25) is 0 Å². The van der Waals surface area contributed by atoms with Crippen molar-refractivity contribution in [2.24, 2.45) is 0 Å². The number of anilines is 3. The molecule has 0 radical (unpaired) electrons. The van der Waals surface area contributed by atoms with Crippen molar-refractivity contribution in [2.45, 2.75) is 0 Å². The molecule has 0 spiro atoms. The predicted molar refractivity (Wildman–Crippen MR) is 196 cm³/mol. The highest BCUT2D eigenvalue weighted by Crippen LogP contribution is 2.50. The summed E-state index contributed by atoms with van der Waals surface area (Å²) in [6.45, 7) is 0. The second-order valence-electron chi connectivity index (χ2n) is 12.2. The lowest BCUT2D eigenvalue weighted by atomic mass is 10.1. The maximum atomic E-state index is 2.49. The number of benzene rings is 7. The fourth-order valence-corrected chi connectivity index (χ4v) is 8.98. The highest BCUT2D eigenvalue weighted by Gasteiger charge is 2.29. The van der Waals surface area contributed by atoms with Crippen LogP contribution in [0.3, 0.4) is 0 Å². The zero-order valence-electron chi connectivity index (χ0n) is 24.7. The molecule has 0 atom stereocenters. The summed E-state index contributed by atoms with van der Waals surface area (Å²) in [5, 5.41) is 7.70. The first-order chi connectivity index (χ1) is 22.8. The third-order valence-electron chi connectivity index (χ3n) is 9.80. The molecule has 11 rings (SSSR count).